The smallest absolute Gasteiger partial charge is 0.156 e. The van der Waals surface area contributed by atoms with Crippen LogP contribution in [0.2, 0.25) is 0 Å². The SMILES string of the molecule is CCCCCc1nnnn1-c1ccccc1C. The number of hydrogen-bond acceptors (Lipinski definition) is 3. The molecule has 0 spiro atoms. The van der Waals surface area contributed by atoms with Crippen LogP contribution < -0.4 is 0 Å². The van der Waals surface area contributed by atoms with Gasteiger partial charge in [-0.05, 0) is 35.4 Å². The van der Waals surface area contributed by atoms with E-state index in [1.165, 1.54) is 18.4 Å². The van der Waals surface area contributed by atoms with Gasteiger partial charge in [-0.25, -0.2) is 0 Å². The van der Waals surface area contributed by atoms with E-state index in [1.54, 1.807) is 0 Å². The second kappa shape index (κ2) is 5.57. The first-order valence-electron chi connectivity index (χ1n) is 6.16. The van der Waals surface area contributed by atoms with Gasteiger partial charge in [0.1, 0.15) is 0 Å². The minimum Gasteiger partial charge on any atom is -0.197 e. The maximum atomic E-state index is 4.11. The van der Waals surface area contributed by atoms with Crippen molar-refractivity contribution in [2.45, 2.75) is 39.5 Å². The molecule has 0 aliphatic rings. The van der Waals surface area contributed by atoms with Crippen molar-refractivity contribution < 1.29 is 0 Å². The van der Waals surface area contributed by atoms with Crippen LogP contribution in [0, 0.1) is 6.92 Å². The molecule has 1 heterocycles. The molecule has 0 fully saturated rings. The average molecular weight is 230 g/mol. The number of benzene rings is 1. The third kappa shape index (κ3) is 2.70. The van der Waals surface area contributed by atoms with Crippen LogP contribution in [0.1, 0.15) is 37.6 Å². The lowest BCUT2D eigenvalue weighted by molar-refractivity contribution is 0.672. The van der Waals surface area contributed by atoms with E-state index in [2.05, 4.69) is 41.5 Å². The van der Waals surface area contributed by atoms with Gasteiger partial charge in [0.05, 0.1) is 5.69 Å². The third-order valence-electron chi connectivity index (χ3n) is 2.88. The number of aryl methyl sites for hydroxylation is 2. The summed E-state index contributed by atoms with van der Waals surface area (Å²) in [6, 6.07) is 8.17. The van der Waals surface area contributed by atoms with Gasteiger partial charge in [0.25, 0.3) is 0 Å². The molecule has 0 radical (unpaired) electrons. The fourth-order valence-electron chi connectivity index (χ4n) is 1.88. The molecule has 0 atom stereocenters. The third-order valence-corrected chi connectivity index (χ3v) is 2.88. The van der Waals surface area contributed by atoms with Gasteiger partial charge in [-0.1, -0.05) is 38.0 Å². The van der Waals surface area contributed by atoms with Gasteiger partial charge in [0.15, 0.2) is 5.82 Å². The van der Waals surface area contributed by atoms with E-state index in [-0.39, 0.29) is 0 Å². The van der Waals surface area contributed by atoms with Gasteiger partial charge in [0.2, 0.25) is 0 Å². The molecule has 0 saturated carbocycles. The summed E-state index contributed by atoms with van der Waals surface area (Å²) in [6.45, 7) is 4.27. The molecule has 0 bridgehead atoms. The van der Waals surface area contributed by atoms with Crippen LogP contribution in [0.15, 0.2) is 24.3 Å². The zero-order valence-electron chi connectivity index (χ0n) is 10.4. The Hall–Kier alpha value is -1.71. The Morgan fingerprint density at radius 3 is 2.76 bits per heavy atom. The highest BCUT2D eigenvalue weighted by Gasteiger charge is 2.09. The lowest BCUT2D eigenvalue weighted by Gasteiger charge is -2.06. The van der Waals surface area contributed by atoms with Crippen molar-refractivity contribution in [3.05, 3.63) is 35.7 Å². The Kier molecular flexibility index (Phi) is 3.85. The summed E-state index contributed by atoms with van der Waals surface area (Å²) in [5.74, 6) is 0.952. The van der Waals surface area contributed by atoms with Crippen LogP contribution in [0.5, 0.6) is 0 Å². The molecule has 1 aromatic carbocycles. The molecule has 2 aromatic rings. The fourth-order valence-corrected chi connectivity index (χ4v) is 1.88. The topological polar surface area (TPSA) is 43.6 Å². The molecular weight excluding hydrogens is 212 g/mol. The first-order chi connectivity index (χ1) is 8.33. The Morgan fingerprint density at radius 1 is 1.18 bits per heavy atom. The summed E-state index contributed by atoms with van der Waals surface area (Å²) in [7, 11) is 0. The first-order valence-corrected chi connectivity index (χ1v) is 6.16. The van der Waals surface area contributed by atoms with Crippen LogP contribution in [0.4, 0.5) is 0 Å². The first kappa shape index (κ1) is 11.8. The van der Waals surface area contributed by atoms with E-state index in [1.807, 2.05) is 16.8 Å². The summed E-state index contributed by atoms with van der Waals surface area (Å²) in [5.41, 5.74) is 2.26. The number of aromatic nitrogens is 4. The van der Waals surface area contributed by atoms with Crippen LogP contribution in [-0.2, 0) is 6.42 Å². The van der Waals surface area contributed by atoms with E-state index >= 15 is 0 Å². The molecule has 90 valence electrons. The quantitative estimate of drug-likeness (QED) is 0.742. The van der Waals surface area contributed by atoms with Crippen molar-refractivity contribution in [1.29, 1.82) is 0 Å². The summed E-state index contributed by atoms with van der Waals surface area (Å²) >= 11 is 0. The molecular formula is C13H18N4. The molecule has 1 aromatic heterocycles. The highest BCUT2D eigenvalue weighted by Crippen LogP contribution is 2.14. The number of nitrogens with zero attached hydrogens (tertiary/aromatic N) is 4. The van der Waals surface area contributed by atoms with E-state index in [9.17, 15) is 0 Å². The van der Waals surface area contributed by atoms with E-state index < -0.39 is 0 Å². The van der Waals surface area contributed by atoms with Crippen molar-refractivity contribution >= 4 is 0 Å². The molecule has 0 aliphatic carbocycles. The largest absolute Gasteiger partial charge is 0.197 e. The van der Waals surface area contributed by atoms with Crippen LogP contribution in [-0.4, -0.2) is 20.2 Å². The molecule has 4 heteroatoms. The minimum absolute atomic E-state index is 0.940. The van der Waals surface area contributed by atoms with Crippen LogP contribution in [0.3, 0.4) is 0 Å². The maximum Gasteiger partial charge on any atom is 0.156 e. The van der Waals surface area contributed by atoms with Crippen LogP contribution in [0.25, 0.3) is 5.69 Å². The summed E-state index contributed by atoms with van der Waals surface area (Å²) in [6.07, 6.45) is 4.52. The minimum atomic E-state index is 0.940. The average Bonchev–Trinajstić information content (AvgIpc) is 2.78. The van der Waals surface area contributed by atoms with Crippen molar-refractivity contribution in [3.8, 4) is 5.69 Å². The van der Waals surface area contributed by atoms with Gasteiger partial charge in [-0.2, -0.15) is 4.68 Å². The normalized spacial score (nSPS) is 10.7. The van der Waals surface area contributed by atoms with Gasteiger partial charge in [-0.15, -0.1) is 5.10 Å². The van der Waals surface area contributed by atoms with Gasteiger partial charge in [0, 0.05) is 6.42 Å². The lowest BCUT2D eigenvalue weighted by Crippen LogP contribution is -2.05. The van der Waals surface area contributed by atoms with Crippen molar-refractivity contribution in [2.24, 2.45) is 0 Å². The predicted octanol–water partition coefficient (Wildman–Crippen LogP) is 2.70. The molecule has 0 amide bonds. The predicted molar refractivity (Wildman–Crippen MR) is 67.1 cm³/mol. The number of rotatable bonds is 5. The molecule has 0 N–H and O–H groups in total. The molecule has 17 heavy (non-hydrogen) atoms. The standard InChI is InChI=1S/C13H18N4/c1-3-4-5-10-13-14-15-16-17(13)12-9-7-6-8-11(12)2/h6-9H,3-5,10H2,1-2H3. The Bertz CT molecular complexity index is 476. The van der Waals surface area contributed by atoms with Gasteiger partial charge < -0.3 is 0 Å². The van der Waals surface area contributed by atoms with E-state index in [0.717, 1.165) is 24.4 Å². The van der Waals surface area contributed by atoms with Crippen molar-refractivity contribution in [2.75, 3.05) is 0 Å². The zero-order valence-corrected chi connectivity index (χ0v) is 10.4. The van der Waals surface area contributed by atoms with E-state index in [4.69, 9.17) is 0 Å². The highest BCUT2D eigenvalue weighted by atomic mass is 15.5. The Balaban J connectivity index is 2.22. The Labute approximate surface area is 102 Å². The molecule has 4 nitrogen and oxygen atoms in total. The number of unbranched alkanes of at least 4 members (excludes halogenated alkanes) is 2. The maximum absolute atomic E-state index is 4.11. The van der Waals surface area contributed by atoms with E-state index in [0.29, 0.717) is 0 Å². The second-order valence-corrected chi connectivity index (χ2v) is 4.25. The summed E-state index contributed by atoms with van der Waals surface area (Å²) < 4.78 is 1.85. The van der Waals surface area contributed by atoms with Crippen LogP contribution >= 0.6 is 0 Å². The molecule has 0 saturated heterocycles. The number of para-hydroxylation sites is 1. The van der Waals surface area contributed by atoms with Gasteiger partial charge >= 0.3 is 0 Å². The Morgan fingerprint density at radius 2 is 2.00 bits per heavy atom. The zero-order chi connectivity index (χ0) is 12.1. The fraction of sp³-hybridized carbons (Fsp3) is 0.462. The second-order valence-electron chi connectivity index (χ2n) is 4.25. The lowest BCUT2D eigenvalue weighted by atomic mass is 10.2. The molecule has 0 unspecified atom stereocenters. The summed E-state index contributed by atoms with van der Waals surface area (Å²) in [4.78, 5) is 0. The van der Waals surface area contributed by atoms with Gasteiger partial charge in [-0.3, -0.25) is 0 Å². The monoisotopic (exact) mass is 230 g/mol. The highest BCUT2D eigenvalue weighted by molar-refractivity contribution is 5.39. The number of tetrazole rings is 1. The molecule has 2 rings (SSSR count). The summed E-state index contributed by atoms with van der Waals surface area (Å²) in [5, 5.41) is 12.0. The van der Waals surface area contributed by atoms with Crippen molar-refractivity contribution in [3.63, 3.8) is 0 Å². The van der Waals surface area contributed by atoms with Crippen molar-refractivity contribution in [1.82, 2.24) is 20.2 Å². The number of hydrogen-bond donors (Lipinski definition) is 0. The molecule has 0 aliphatic heterocycles.